The van der Waals surface area contributed by atoms with Gasteiger partial charge >= 0.3 is 31.5 Å². The van der Waals surface area contributed by atoms with Gasteiger partial charge in [-0.05, 0) is 62.7 Å². The zero-order valence-electron chi connectivity index (χ0n) is 24.7. The molecule has 0 aromatic rings. The molecule has 0 spiro atoms. The maximum absolute atomic E-state index is 12.3. The van der Waals surface area contributed by atoms with Crippen molar-refractivity contribution in [3.8, 4) is 0 Å². The lowest BCUT2D eigenvalue weighted by Gasteiger charge is -2.32. The smallest absolute Gasteiger partial charge is 0.466 e. The third-order valence-corrected chi connectivity index (χ3v) is 10.5. The molecule has 0 heterocycles. The molecule has 244 valence electrons. The van der Waals surface area contributed by atoms with Gasteiger partial charge in [0, 0.05) is 18.8 Å². The minimum Gasteiger partial charge on any atom is -0.466 e. The van der Waals surface area contributed by atoms with Crippen molar-refractivity contribution in [2.45, 2.75) is 90.9 Å². The molecular formula is C24H45F3NO9S4+. The number of ether oxygens (including phenoxy) is 3. The molecule has 0 radical (unpaired) electrons. The van der Waals surface area contributed by atoms with E-state index in [1.54, 1.807) is 11.8 Å². The SMILES string of the molecule is CC(C)(C)CC(COCCCSCCCSCCC(=O)OCCCS(=O)(=O)[N+](=O)S(=O)(=O)C(F)(F)F)OC(C)(C)C. The minimum atomic E-state index is -6.56. The Morgan fingerprint density at radius 2 is 1.41 bits per heavy atom. The Morgan fingerprint density at radius 1 is 0.854 bits per heavy atom. The van der Waals surface area contributed by atoms with Crippen LogP contribution >= 0.6 is 23.5 Å². The van der Waals surface area contributed by atoms with Gasteiger partial charge in [0.25, 0.3) is 3.57 Å². The van der Waals surface area contributed by atoms with E-state index in [1.165, 1.54) is 0 Å². The summed E-state index contributed by atoms with van der Waals surface area (Å²) >= 11 is 3.37. The second-order valence-electron chi connectivity index (χ2n) is 11.4. The molecule has 0 aromatic carbocycles. The van der Waals surface area contributed by atoms with Crippen molar-refractivity contribution < 1.29 is 52.6 Å². The van der Waals surface area contributed by atoms with E-state index < -0.39 is 53.9 Å². The van der Waals surface area contributed by atoms with Crippen molar-refractivity contribution >= 4 is 49.5 Å². The number of nitrogens with zero attached hydrogens (tertiary/aromatic N) is 1. The number of nitroso groups, excluding NO2 is 1. The Bertz CT molecular complexity index is 991. The Morgan fingerprint density at radius 3 is 1.95 bits per heavy atom. The van der Waals surface area contributed by atoms with Gasteiger partial charge in [0.15, 0.2) is 0 Å². The molecular weight excluding hydrogens is 632 g/mol. The van der Waals surface area contributed by atoms with E-state index in [1.807, 2.05) is 32.5 Å². The van der Waals surface area contributed by atoms with E-state index in [-0.39, 0.29) is 23.5 Å². The number of carbonyl (C=O) groups excluding carboxylic acids is 1. The van der Waals surface area contributed by atoms with Crippen LogP contribution in [0, 0.1) is 10.3 Å². The van der Waals surface area contributed by atoms with Gasteiger partial charge in [0.05, 0.1) is 36.2 Å². The number of sulfonamides is 2. The first-order valence-electron chi connectivity index (χ1n) is 13.2. The average molecular weight is 677 g/mol. The molecule has 1 atom stereocenters. The monoisotopic (exact) mass is 676 g/mol. The summed E-state index contributed by atoms with van der Waals surface area (Å²) in [4.78, 5) is 22.9. The van der Waals surface area contributed by atoms with Crippen LogP contribution < -0.4 is 0 Å². The van der Waals surface area contributed by atoms with Crippen LogP contribution in [0.15, 0.2) is 0 Å². The highest BCUT2D eigenvalue weighted by molar-refractivity contribution is 8.00. The van der Waals surface area contributed by atoms with Gasteiger partial charge < -0.3 is 14.2 Å². The van der Waals surface area contributed by atoms with Crippen LogP contribution in [0.5, 0.6) is 0 Å². The lowest BCUT2D eigenvalue weighted by atomic mass is 9.89. The Labute approximate surface area is 251 Å². The fourth-order valence-corrected chi connectivity index (χ4v) is 7.62. The zero-order chi connectivity index (χ0) is 32.0. The Hall–Kier alpha value is -0.620. The van der Waals surface area contributed by atoms with Gasteiger partial charge in [-0.2, -0.15) is 45.1 Å². The molecule has 1 unspecified atom stereocenters. The quantitative estimate of drug-likeness (QED) is 0.0908. The summed E-state index contributed by atoms with van der Waals surface area (Å²) in [6.07, 6.45) is 2.38. The predicted octanol–water partition coefficient (Wildman–Crippen LogP) is 5.15. The van der Waals surface area contributed by atoms with Gasteiger partial charge in [-0.3, -0.25) is 4.79 Å². The number of hydrogen-bond acceptors (Lipinski definition) is 11. The highest BCUT2D eigenvalue weighted by atomic mass is 32.3. The fourth-order valence-electron chi connectivity index (χ4n) is 3.23. The molecule has 10 nitrogen and oxygen atoms in total. The van der Waals surface area contributed by atoms with Crippen molar-refractivity contribution in [2.24, 2.45) is 5.41 Å². The number of rotatable bonds is 21. The topological polar surface area (TPSA) is 133 Å². The number of alkyl halides is 3. The normalized spacial score (nSPS) is 14.2. The second kappa shape index (κ2) is 18.2. The van der Waals surface area contributed by atoms with Crippen LogP contribution in [0.3, 0.4) is 0 Å². The summed E-state index contributed by atoms with van der Waals surface area (Å²) < 4.78 is 96.7. The first-order valence-corrected chi connectivity index (χ1v) is 18.5. The maximum atomic E-state index is 12.3. The fraction of sp³-hybridized carbons (Fsp3) is 0.958. The summed E-state index contributed by atoms with van der Waals surface area (Å²) in [5, 5.41) is 0. The van der Waals surface area contributed by atoms with Crippen LogP contribution in [0.4, 0.5) is 13.2 Å². The zero-order valence-corrected chi connectivity index (χ0v) is 27.9. The molecule has 0 amide bonds. The molecule has 0 N–H and O–H groups in total. The molecule has 0 saturated carbocycles. The maximum Gasteiger partial charge on any atom is 0.566 e. The number of carbonyl (C=O) groups is 1. The molecule has 41 heavy (non-hydrogen) atoms. The molecule has 0 fully saturated rings. The second-order valence-corrected chi connectivity index (χ2v) is 17.7. The third-order valence-electron chi connectivity index (χ3n) is 4.79. The third kappa shape index (κ3) is 19.3. The van der Waals surface area contributed by atoms with E-state index in [2.05, 4.69) is 20.8 Å². The van der Waals surface area contributed by atoms with Gasteiger partial charge in [0.2, 0.25) is 0 Å². The summed E-state index contributed by atoms with van der Waals surface area (Å²) in [5.74, 6) is 1.39. The number of thioether (sulfide) groups is 2. The summed E-state index contributed by atoms with van der Waals surface area (Å²) in [5.41, 5.74) is -6.11. The molecule has 0 aliphatic heterocycles. The molecule has 0 rings (SSSR count). The lowest BCUT2D eigenvalue weighted by molar-refractivity contribution is -0.231. The van der Waals surface area contributed by atoms with Gasteiger partial charge in [-0.25, -0.2) is 0 Å². The van der Waals surface area contributed by atoms with Crippen LogP contribution in [0.2, 0.25) is 0 Å². The van der Waals surface area contributed by atoms with Gasteiger partial charge in [-0.1, -0.05) is 20.8 Å². The van der Waals surface area contributed by atoms with E-state index in [0.717, 1.165) is 36.5 Å². The summed E-state index contributed by atoms with van der Waals surface area (Å²) in [6, 6.07) is 0. The molecule has 0 bridgehead atoms. The van der Waals surface area contributed by atoms with E-state index >= 15 is 0 Å². The highest BCUT2D eigenvalue weighted by Crippen LogP contribution is 2.27. The first-order chi connectivity index (χ1) is 18.6. The number of halogens is 3. The van der Waals surface area contributed by atoms with Crippen LogP contribution in [-0.4, -0.2) is 92.2 Å². The lowest BCUT2D eigenvalue weighted by Crippen LogP contribution is -2.37. The number of hydrogen-bond donors (Lipinski definition) is 0. The van der Waals surface area contributed by atoms with Crippen molar-refractivity contribution in [1.82, 2.24) is 0 Å². The standard InChI is InChI=1S/C24H45F3NO9S4/c1-22(2,3)18-20(37-23(4,5)6)19-35-11-7-13-38-14-9-15-39-16-10-21(29)36-12-8-17-40(31,32)28(30)41(33,34)24(25,26)27/h20H,7-19H2,1-6H3/q+1. The van der Waals surface area contributed by atoms with Gasteiger partial charge in [0.1, 0.15) is 5.75 Å². The Kier molecular flexibility index (Phi) is 18.0. The van der Waals surface area contributed by atoms with Crippen LogP contribution in [0.1, 0.15) is 73.6 Å². The van der Waals surface area contributed by atoms with E-state index in [4.69, 9.17) is 14.2 Å². The summed E-state index contributed by atoms with van der Waals surface area (Å²) in [7, 11) is -11.9. The van der Waals surface area contributed by atoms with Crippen LogP contribution in [-0.2, 0) is 39.1 Å². The molecule has 0 saturated heterocycles. The van der Waals surface area contributed by atoms with Crippen LogP contribution in [0.25, 0.3) is 0 Å². The predicted molar refractivity (Wildman–Crippen MR) is 156 cm³/mol. The van der Waals surface area contributed by atoms with Gasteiger partial charge in [-0.15, -0.1) is 8.42 Å². The summed E-state index contributed by atoms with van der Waals surface area (Å²) in [6.45, 7) is 13.4. The van der Waals surface area contributed by atoms with Crippen molar-refractivity contribution in [3.05, 3.63) is 4.91 Å². The molecule has 0 aromatic heterocycles. The van der Waals surface area contributed by atoms with Crippen molar-refractivity contribution in [1.29, 1.82) is 0 Å². The molecule has 17 heteroatoms. The molecule has 0 aliphatic carbocycles. The first kappa shape index (κ1) is 40.4. The average Bonchev–Trinajstić information content (AvgIpc) is 2.79. The van der Waals surface area contributed by atoms with Crippen molar-refractivity contribution in [2.75, 3.05) is 48.6 Å². The highest BCUT2D eigenvalue weighted by Gasteiger charge is 2.63. The minimum absolute atomic E-state index is 0.0488. The number of esters is 1. The van der Waals surface area contributed by atoms with Crippen molar-refractivity contribution in [3.63, 3.8) is 0 Å². The van der Waals surface area contributed by atoms with E-state index in [9.17, 15) is 39.7 Å². The largest absolute Gasteiger partial charge is 0.566 e. The Balaban J connectivity index is 3.89. The van der Waals surface area contributed by atoms with E-state index in [0.29, 0.717) is 19.0 Å². The molecule has 0 aliphatic rings.